The van der Waals surface area contributed by atoms with Crippen LogP contribution >= 0.6 is 0 Å². The number of ether oxygens (including phenoxy) is 4. The predicted octanol–water partition coefficient (Wildman–Crippen LogP) is 6.67. The van der Waals surface area contributed by atoms with Gasteiger partial charge in [-0.25, -0.2) is 14.8 Å². The molecule has 0 saturated carbocycles. The molecule has 0 aliphatic carbocycles. The molecule has 4 heterocycles. The first kappa shape index (κ1) is 50.0. The second-order valence-electron chi connectivity index (χ2n) is 17.5. The average Bonchev–Trinajstić information content (AvgIpc) is 3.82. The van der Waals surface area contributed by atoms with Crippen molar-refractivity contribution in [3.8, 4) is 17.1 Å². The van der Waals surface area contributed by atoms with Gasteiger partial charge >= 0.3 is 6.03 Å². The number of fused-ring (bicyclic) bond motifs is 1. The molecule has 1 aliphatic heterocycles. The van der Waals surface area contributed by atoms with Gasteiger partial charge in [-0.1, -0.05) is 71.9 Å². The summed E-state index contributed by atoms with van der Waals surface area (Å²) < 4.78 is 29.3. The van der Waals surface area contributed by atoms with Gasteiger partial charge in [0.25, 0.3) is 0 Å². The molecule has 0 radical (unpaired) electrons. The number of urea groups is 1. The lowest BCUT2D eigenvalue weighted by atomic mass is 10.0. The Labute approximate surface area is 403 Å². The molecular formula is C52H63N9O8. The number of nitrogens with one attached hydrogen (secondary N) is 3. The molecule has 6 aromatic rings. The van der Waals surface area contributed by atoms with Crippen LogP contribution in [0, 0.1) is 0 Å². The maximum absolute atomic E-state index is 15.2. The number of rotatable bonds is 22. The van der Waals surface area contributed by atoms with Gasteiger partial charge in [-0.15, -0.1) is 0 Å². The number of pyridine rings is 2. The molecule has 17 heteroatoms. The summed E-state index contributed by atoms with van der Waals surface area (Å²) in [5.41, 5.74) is 6.82. The van der Waals surface area contributed by atoms with Gasteiger partial charge in [0, 0.05) is 63.5 Å². The van der Waals surface area contributed by atoms with Crippen LogP contribution in [0.1, 0.15) is 57.1 Å². The van der Waals surface area contributed by atoms with E-state index in [-0.39, 0.29) is 45.1 Å². The lowest BCUT2D eigenvalue weighted by molar-refractivity contribution is -0.161. The van der Waals surface area contributed by atoms with Crippen LogP contribution in [0.25, 0.3) is 22.3 Å². The molecule has 3 aromatic carbocycles. The van der Waals surface area contributed by atoms with Crippen molar-refractivity contribution in [3.05, 3.63) is 138 Å². The zero-order valence-electron chi connectivity index (χ0n) is 40.1. The van der Waals surface area contributed by atoms with E-state index in [0.717, 1.165) is 46.5 Å². The highest BCUT2D eigenvalue weighted by atomic mass is 16.7. The molecule has 1 aliphatic rings. The molecule has 1 saturated heterocycles. The predicted molar refractivity (Wildman–Crippen MR) is 262 cm³/mol. The van der Waals surface area contributed by atoms with Gasteiger partial charge in [0.1, 0.15) is 28.9 Å². The first-order valence-electron chi connectivity index (χ1n) is 23.4. The van der Waals surface area contributed by atoms with Crippen LogP contribution in [0.15, 0.2) is 120 Å². The molecule has 4 amide bonds. The third-order valence-corrected chi connectivity index (χ3v) is 11.0. The first-order chi connectivity index (χ1) is 33.4. The van der Waals surface area contributed by atoms with Crippen molar-refractivity contribution in [2.75, 3.05) is 57.5 Å². The summed E-state index contributed by atoms with van der Waals surface area (Å²) in [6, 6.07) is 32.4. The van der Waals surface area contributed by atoms with Gasteiger partial charge in [-0.2, -0.15) is 0 Å². The molecule has 364 valence electrons. The lowest BCUT2D eigenvalue weighted by Crippen LogP contribution is -2.55. The van der Waals surface area contributed by atoms with Gasteiger partial charge < -0.3 is 43.9 Å². The Morgan fingerprint density at radius 2 is 1.58 bits per heavy atom. The maximum atomic E-state index is 15.2. The lowest BCUT2D eigenvalue weighted by Gasteiger charge is -2.32. The smallest absolute Gasteiger partial charge is 0.329 e. The fourth-order valence-corrected chi connectivity index (χ4v) is 7.89. The molecule has 3 N–H and O–H groups in total. The van der Waals surface area contributed by atoms with Crippen molar-refractivity contribution >= 4 is 34.6 Å². The van der Waals surface area contributed by atoms with Crippen LogP contribution in [0.5, 0.6) is 5.75 Å². The summed E-state index contributed by atoms with van der Waals surface area (Å²) in [4.78, 5) is 56.3. The van der Waals surface area contributed by atoms with Crippen molar-refractivity contribution in [1.29, 1.82) is 0 Å². The van der Waals surface area contributed by atoms with E-state index in [2.05, 4.69) is 31.1 Å². The minimum atomic E-state index is -1.07. The number of benzene rings is 3. The normalized spacial score (nSPS) is 13.3. The Hall–Kier alpha value is -6.92. The molecule has 0 bridgehead atoms. The third-order valence-electron chi connectivity index (χ3n) is 11.0. The second-order valence-corrected chi connectivity index (χ2v) is 17.5. The first-order valence-corrected chi connectivity index (χ1v) is 23.4. The van der Waals surface area contributed by atoms with E-state index >= 15 is 4.79 Å². The van der Waals surface area contributed by atoms with E-state index in [0.29, 0.717) is 49.3 Å². The molecule has 0 spiro atoms. The summed E-state index contributed by atoms with van der Waals surface area (Å²) in [6.07, 6.45) is 1.13. The minimum Gasteiger partial charge on any atom is -0.488 e. The third kappa shape index (κ3) is 15.0. The number of carbonyl (C=O) groups excluding carboxylic acids is 3. The number of hydrogen-bond donors (Lipinski definition) is 3. The van der Waals surface area contributed by atoms with Crippen LogP contribution in [0.4, 0.5) is 10.6 Å². The highest BCUT2D eigenvalue weighted by Gasteiger charge is 2.31. The van der Waals surface area contributed by atoms with Crippen molar-refractivity contribution in [3.63, 3.8) is 0 Å². The van der Waals surface area contributed by atoms with Crippen LogP contribution in [-0.2, 0) is 49.9 Å². The van der Waals surface area contributed by atoms with Crippen molar-refractivity contribution in [2.45, 2.75) is 78.6 Å². The number of anilines is 1. The Kier molecular flexibility index (Phi) is 17.7. The summed E-state index contributed by atoms with van der Waals surface area (Å²) in [7, 11) is 0. The Morgan fingerprint density at radius 1 is 0.826 bits per heavy atom. The van der Waals surface area contributed by atoms with E-state index in [1.165, 1.54) is 5.01 Å². The topological polar surface area (TPSA) is 186 Å². The Bertz CT molecular complexity index is 2570. The Morgan fingerprint density at radius 3 is 2.32 bits per heavy atom. The standard InChI is InChI=1S/C52H63N9O8/c1-6-66-49(67-7-2)36-60(33-39-16-11-18-43-42(39)17-13-25-53-43)50(63)46(30-37-21-23-40(24-22-37)68-52(3,4)5)56-48(62)35-61(57-51(64)54-32-38-14-9-8-10-15-38)34-41-31-45(58-69-41)44-19-12-20-47(55-44)59-26-28-65-29-27-59/h8-25,31,46,49H,6-7,26-30,32-36H2,1-5H3,(H,56,62)(H2,54,57,64)/t46-/m0/s1. The quantitative estimate of drug-likeness (QED) is 0.0485. The molecule has 0 unspecified atom stereocenters. The van der Waals surface area contributed by atoms with E-state index in [1.54, 1.807) is 17.2 Å². The van der Waals surface area contributed by atoms with E-state index in [4.69, 9.17) is 28.5 Å². The number of aromatic nitrogens is 3. The maximum Gasteiger partial charge on any atom is 0.329 e. The highest BCUT2D eigenvalue weighted by Crippen LogP contribution is 2.24. The fraction of sp³-hybridized carbons (Fsp3) is 0.385. The van der Waals surface area contributed by atoms with Crippen LogP contribution in [-0.4, -0.2) is 113 Å². The van der Waals surface area contributed by atoms with Crippen molar-refractivity contribution in [1.82, 2.24) is 41.1 Å². The molecule has 17 nitrogen and oxygen atoms in total. The van der Waals surface area contributed by atoms with Crippen LogP contribution < -0.4 is 25.7 Å². The van der Waals surface area contributed by atoms with Crippen molar-refractivity contribution < 1.29 is 37.9 Å². The van der Waals surface area contributed by atoms with Gasteiger partial charge in [0.05, 0.1) is 44.1 Å². The summed E-state index contributed by atoms with van der Waals surface area (Å²) in [5.74, 6) is 0.926. The molecule has 7 rings (SSSR count). The second kappa shape index (κ2) is 24.4. The molecule has 69 heavy (non-hydrogen) atoms. The van der Waals surface area contributed by atoms with Crippen LogP contribution in [0.3, 0.4) is 0 Å². The van der Waals surface area contributed by atoms with Crippen LogP contribution in [0.2, 0.25) is 0 Å². The van der Waals surface area contributed by atoms with Gasteiger partial charge in [-0.3, -0.25) is 20.0 Å². The zero-order valence-corrected chi connectivity index (χ0v) is 40.1. The highest BCUT2D eigenvalue weighted by molar-refractivity contribution is 5.89. The van der Waals surface area contributed by atoms with Crippen molar-refractivity contribution in [2.24, 2.45) is 0 Å². The van der Waals surface area contributed by atoms with Gasteiger partial charge in [0.15, 0.2) is 12.1 Å². The summed E-state index contributed by atoms with van der Waals surface area (Å²) in [6.45, 7) is 13.1. The van der Waals surface area contributed by atoms with Gasteiger partial charge in [-0.05, 0) is 87.7 Å². The number of hydrazine groups is 1. The average molecular weight is 942 g/mol. The SMILES string of the molecule is CCOC(CN(Cc1cccc2ncccc12)C(=O)[C@H](Cc1ccc(OC(C)(C)C)cc1)NC(=O)CN(Cc1cc(-c2cccc(N3CCOCC3)n2)no1)NC(=O)NCc1ccccc1)OCC. The van der Waals surface area contributed by atoms with E-state index < -0.39 is 29.9 Å². The number of nitrogens with zero attached hydrogens (tertiary/aromatic N) is 6. The molecule has 3 aromatic heterocycles. The fourth-order valence-electron chi connectivity index (χ4n) is 7.89. The summed E-state index contributed by atoms with van der Waals surface area (Å²) in [5, 5.41) is 12.5. The van der Waals surface area contributed by atoms with E-state index in [1.807, 2.05) is 138 Å². The van der Waals surface area contributed by atoms with E-state index in [9.17, 15) is 9.59 Å². The molecule has 1 atom stereocenters. The minimum absolute atomic E-state index is 0.0538. The number of amides is 4. The largest absolute Gasteiger partial charge is 0.488 e. The zero-order chi connectivity index (χ0) is 48.6. The monoisotopic (exact) mass is 941 g/mol. The summed E-state index contributed by atoms with van der Waals surface area (Å²) >= 11 is 0. The number of morpholine rings is 1. The number of carbonyl (C=O) groups is 3. The Balaban J connectivity index is 1.16. The number of hydrogen-bond acceptors (Lipinski definition) is 13. The van der Waals surface area contributed by atoms with Gasteiger partial charge in [0.2, 0.25) is 11.8 Å². The molecule has 1 fully saturated rings. The molecular weight excluding hydrogens is 879 g/mol.